The quantitative estimate of drug-likeness (QED) is 0.777. The molecule has 2 rings (SSSR count). The van der Waals surface area contributed by atoms with Crippen molar-refractivity contribution >= 4 is 11.9 Å². The lowest BCUT2D eigenvalue weighted by Crippen LogP contribution is -2.28. The Morgan fingerprint density at radius 3 is 2.91 bits per heavy atom. The lowest BCUT2D eigenvalue weighted by molar-refractivity contribution is 0.0558. The van der Waals surface area contributed by atoms with Gasteiger partial charge in [0.05, 0.1) is 18.4 Å². The Balaban J connectivity index is 1.78. The number of rotatable bonds is 5. The number of aromatic amines is 1. The number of nitrogens with zero attached hydrogens (tertiary/aromatic N) is 1. The van der Waals surface area contributed by atoms with E-state index < -0.39 is 11.7 Å². The van der Waals surface area contributed by atoms with E-state index in [-0.39, 0.29) is 6.10 Å². The third kappa shape index (κ3) is 5.31. The summed E-state index contributed by atoms with van der Waals surface area (Å²) in [6.45, 7) is 8.97. The fourth-order valence-electron chi connectivity index (χ4n) is 2.36. The average molecular weight is 310 g/mol. The molecule has 1 aliphatic rings. The van der Waals surface area contributed by atoms with E-state index in [1.807, 2.05) is 20.8 Å². The monoisotopic (exact) mass is 310 g/mol. The number of hydrogen-bond acceptors (Lipinski definition) is 5. The van der Waals surface area contributed by atoms with Gasteiger partial charge in [-0.3, -0.25) is 10.4 Å². The van der Waals surface area contributed by atoms with Gasteiger partial charge in [-0.25, -0.2) is 4.79 Å². The number of nitrogens with one attached hydrogen (secondary N) is 3. The molecule has 1 aromatic heterocycles. The molecule has 0 aromatic carbocycles. The van der Waals surface area contributed by atoms with E-state index >= 15 is 0 Å². The highest BCUT2D eigenvalue weighted by atomic mass is 16.6. The first-order valence-electron chi connectivity index (χ1n) is 7.72. The minimum absolute atomic E-state index is 0.268. The highest BCUT2D eigenvalue weighted by Gasteiger charge is 2.21. The zero-order chi connectivity index (χ0) is 16.2. The van der Waals surface area contributed by atoms with Crippen molar-refractivity contribution in [2.45, 2.75) is 64.9 Å². The van der Waals surface area contributed by atoms with Gasteiger partial charge in [-0.15, -0.1) is 0 Å². The summed E-state index contributed by atoms with van der Waals surface area (Å²) in [7, 11) is 0. The van der Waals surface area contributed by atoms with Crippen LogP contribution in [0.4, 0.5) is 10.6 Å². The summed E-state index contributed by atoms with van der Waals surface area (Å²) < 4.78 is 11.0. The number of carbonyl (C=O) groups is 1. The Hall–Kier alpha value is -1.60. The smallest absolute Gasteiger partial charge is 0.413 e. The summed E-state index contributed by atoms with van der Waals surface area (Å²) in [4.78, 5) is 11.8. The van der Waals surface area contributed by atoms with Gasteiger partial charge in [0.25, 0.3) is 0 Å². The first-order chi connectivity index (χ1) is 10.3. The second kappa shape index (κ2) is 7.11. The molecule has 1 aromatic rings. The van der Waals surface area contributed by atoms with Crippen LogP contribution in [0.2, 0.25) is 0 Å². The second-order valence-electron chi connectivity index (χ2n) is 6.67. The largest absolute Gasteiger partial charge is 0.444 e. The standard InChI is InChI=1S/C15H26N4O3/c1-10-5-6-12(21-10)9-16-7-11-8-17-19-13(11)18-14(20)22-15(2,3)4/h8,10,12,16H,5-7,9H2,1-4H3,(H2,17,18,19,20). The summed E-state index contributed by atoms with van der Waals surface area (Å²) >= 11 is 0. The Bertz CT molecular complexity index is 495. The first-order valence-corrected chi connectivity index (χ1v) is 7.72. The van der Waals surface area contributed by atoms with Crippen molar-refractivity contribution in [1.29, 1.82) is 0 Å². The van der Waals surface area contributed by atoms with Crippen LogP contribution in [0, 0.1) is 0 Å². The van der Waals surface area contributed by atoms with Crippen LogP contribution in [0.5, 0.6) is 0 Å². The van der Waals surface area contributed by atoms with Gasteiger partial charge in [-0.2, -0.15) is 5.10 Å². The lowest BCUT2D eigenvalue weighted by Gasteiger charge is -2.19. The molecule has 0 radical (unpaired) electrons. The Kier molecular flexibility index (Phi) is 5.42. The van der Waals surface area contributed by atoms with Gasteiger partial charge in [0, 0.05) is 18.7 Å². The predicted molar refractivity (Wildman–Crippen MR) is 83.7 cm³/mol. The Labute approximate surface area is 131 Å². The van der Waals surface area contributed by atoms with Gasteiger partial charge in [0.15, 0.2) is 0 Å². The third-order valence-electron chi connectivity index (χ3n) is 3.35. The predicted octanol–water partition coefficient (Wildman–Crippen LogP) is 2.41. The Morgan fingerprint density at radius 1 is 1.50 bits per heavy atom. The third-order valence-corrected chi connectivity index (χ3v) is 3.35. The normalized spacial score (nSPS) is 21.8. The van der Waals surface area contributed by atoms with Crippen molar-refractivity contribution in [2.24, 2.45) is 0 Å². The molecule has 124 valence electrons. The van der Waals surface area contributed by atoms with E-state index in [2.05, 4.69) is 27.8 Å². The highest BCUT2D eigenvalue weighted by molar-refractivity contribution is 5.84. The van der Waals surface area contributed by atoms with Gasteiger partial charge >= 0.3 is 6.09 Å². The zero-order valence-electron chi connectivity index (χ0n) is 13.7. The fourth-order valence-corrected chi connectivity index (χ4v) is 2.36. The van der Waals surface area contributed by atoms with Crippen molar-refractivity contribution in [3.8, 4) is 0 Å². The van der Waals surface area contributed by atoms with E-state index in [1.165, 1.54) is 0 Å². The number of aromatic nitrogens is 2. The summed E-state index contributed by atoms with van der Waals surface area (Å²) in [5, 5.41) is 12.8. The molecule has 2 heterocycles. The SMILES string of the molecule is CC1CCC(CNCc2cn[nH]c2NC(=O)OC(C)(C)C)O1. The number of hydrogen-bond donors (Lipinski definition) is 3. The maximum absolute atomic E-state index is 11.8. The summed E-state index contributed by atoms with van der Waals surface area (Å²) in [5.41, 5.74) is 0.357. The number of H-pyrrole nitrogens is 1. The van der Waals surface area contributed by atoms with Crippen LogP contribution < -0.4 is 10.6 Å². The first kappa shape index (κ1) is 16.8. The van der Waals surface area contributed by atoms with E-state index in [0.29, 0.717) is 18.5 Å². The molecule has 0 saturated carbocycles. The van der Waals surface area contributed by atoms with E-state index in [4.69, 9.17) is 9.47 Å². The number of carbonyl (C=O) groups excluding carboxylic acids is 1. The maximum Gasteiger partial charge on any atom is 0.413 e. The van der Waals surface area contributed by atoms with Crippen LogP contribution in [0.15, 0.2) is 6.20 Å². The summed E-state index contributed by atoms with van der Waals surface area (Å²) in [6.07, 6.45) is 4.02. The molecule has 22 heavy (non-hydrogen) atoms. The van der Waals surface area contributed by atoms with Gasteiger partial charge in [-0.1, -0.05) is 0 Å². The van der Waals surface area contributed by atoms with Crippen LogP contribution in [0.1, 0.15) is 46.1 Å². The van der Waals surface area contributed by atoms with Crippen molar-refractivity contribution in [1.82, 2.24) is 15.5 Å². The van der Waals surface area contributed by atoms with Gasteiger partial charge in [-0.05, 0) is 40.5 Å². The van der Waals surface area contributed by atoms with E-state index in [0.717, 1.165) is 24.9 Å². The molecule has 1 fully saturated rings. The van der Waals surface area contributed by atoms with Crippen molar-refractivity contribution in [3.63, 3.8) is 0 Å². The number of ether oxygens (including phenoxy) is 2. The molecule has 3 N–H and O–H groups in total. The van der Waals surface area contributed by atoms with E-state index in [9.17, 15) is 4.79 Å². The molecule has 0 bridgehead atoms. The van der Waals surface area contributed by atoms with Crippen LogP contribution in [0.25, 0.3) is 0 Å². The molecule has 1 saturated heterocycles. The maximum atomic E-state index is 11.8. The molecule has 7 heteroatoms. The topological polar surface area (TPSA) is 88.3 Å². The van der Waals surface area contributed by atoms with Crippen molar-refractivity contribution in [2.75, 3.05) is 11.9 Å². The molecule has 7 nitrogen and oxygen atoms in total. The Morgan fingerprint density at radius 2 is 2.27 bits per heavy atom. The zero-order valence-corrected chi connectivity index (χ0v) is 13.7. The van der Waals surface area contributed by atoms with Crippen LogP contribution in [-0.4, -0.2) is 40.6 Å². The van der Waals surface area contributed by atoms with Gasteiger partial charge < -0.3 is 14.8 Å². The molecule has 2 unspecified atom stereocenters. The molecular formula is C15H26N4O3. The lowest BCUT2D eigenvalue weighted by atomic mass is 10.2. The van der Waals surface area contributed by atoms with E-state index in [1.54, 1.807) is 6.20 Å². The minimum atomic E-state index is -0.529. The van der Waals surface area contributed by atoms with Gasteiger partial charge in [0.1, 0.15) is 11.4 Å². The van der Waals surface area contributed by atoms with Crippen LogP contribution in [-0.2, 0) is 16.0 Å². The highest BCUT2D eigenvalue weighted by Crippen LogP contribution is 2.19. The summed E-state index contributed by atoms with van der Waals surface area (Å²) in [6, 6.07) is 0. The molecule has 1 amide bonds. The molecular weight excluding hydrogens is 284 g/mol. The summed E-state index contributed by atoms with van der Waals surface area (Å²) in [5.74, 6) is 0.558. The average Bonchev–Trinajstić information content (AvgIpc) is 2.97. The molecule has 2 atom stereocenters. The van der Waals surface area contributed by atoms with Crippen LogP contribution in [0.3, 0.4) is 0 Å². The minimum Gasteiger partial charge on any atom is -0.444 e. The second-order valence-corrected chi connectivity index (χ2v) is 6.67. The number of anilines is 1. The van der Waals surface area contributed by atoms with Crippen molar-refractivity contribution < 1.29 is 14.3 Å². The van der Waals surface area contributed by atoms with Gasteiger partial charge in [0.2, 0.25) is 0 Å². The molecule has 1 aliphatic heterocycles. The number of amides is 1. The molecule has 0 spiro atoms. The fraction of sp³-hybridized carbons (Fsp3) is 0.733. The molecule has 0 aliphatic carbocycles. The van der Waals surface area contributed by atoms with Crippen LogP contribution >= 0.6 is 0 Å². The van der Waals surface area contributed by atoms with Crippen molar-refractivity contribution in [3.05, 3.63) is 11.8 Å².